The van der Waals surface area contributed by atoms with Gasteiger partial charge in [-0.1, -0.05) is 0 Å². The van der Waals surface area contributed by atoms with Gasteiger partial charge in [0.05, 0.1) is 11.6 Å². The van der Waals surface area contributed by atoms with Crippen LogP contribution in [-0.2, 0) is 16.0 Å². The molecule has 0 heterocycles. The molecule has 88 valence electrons. The van der Waals surface area contributed by atoms with E-state index in [9.17, 15) is 18.7 Å². The fourth-order valence-electron chi connectivity index (χ4n) is 1.15. The average Bonchev–Trinajstić information content (AvgIpc) is 2.24. The molecule has 0 aliphatic carbocycles. The SMILES string of the molecule is COC(=O)C(O)Cc1cc(F)c(Br)cc1F. The molecule has 0 saturated heterocycles. The van der Waals surface area contributed by atoms with Crippen LogP contribution in [0.5, 0.6) is 0 Å². The van der Waals surface area contributed by atoms with Crippen molar-refractivity contribution in [2.45, 2.75) is 12.5 Å². The molecule has 0 saturated carbocycles. The van der Waals surface area contributed by atoms with Crippen LogP contribution in [0.3, 0.4) is 0 Å². The summed E-state index contributed by atoms with van der Waals surface area (Å²) in [6, 6.07) is 1.86. The molecule has 0 amide bonds. The van der Waals surface area contributed by atoms with Crippen molar-refractivity contribution >= 4 is 21.9 Å². The molecular formula is C10H9BrF2O3. The van der Waals surface area contributed by atoms with Crippen LogP contribution >= 0.6 is 15.9 Å². The van der Waals surface area contributed by atoms with E-state index in [4.69, 9.17) is 0 Å². The van der Waals surface area contributed by atoms with E-state index in [1.54, 1.807) is 0 Å². The third-order valence-electron chi connectivity index (χ3n) is 1.98. The molecule has 0 aliphatic rings. The number of rotatable bonds is 3. The Bertz CT molecular complexity index is 409. The first-order chi connectivity index (χ1) is 7.45. The number of hydrogen-bond donors (Lipinski definition) is 1. The quantitative estimate of drug-likeness (QED) is 0.683. The number of ether oxygens (including phenoxy) is 1. The maximum absolute atomic E-state index is 13.3. The zero-order valence-corrected chi connectivity index (χ0v) is 9.92. The molecule has 1 aromatic rings. The number of aliphatic hydroxyl groups is 1. The number of hydrogen-bond acceptors (Lipinski definition) is 3. The Morgan fingerprint density at radius 2 is 2.12 bits per heavy atom. The van der Waals surface area contributed by atoms with E-state index in [0.29, 0.717) is 0 Å². The molecule has 1 N–H and O–H groups in total. The van der Waals surface area contributed by atoms with Crippen LogP contribution in [-0.4, -0.2) is 24.3 Å². The first kappa shape index (κ1) is 13.1. The minimum absolute atomic E-state index is 0.0127. The van der Waals surface area contributed by atoms with Gasteiger partial charge in [0.1, 0.15) is 11.6 Å². The highest BCUT2D eigenvalue weighted by molar-refractivity contribution is 9.10. The topological polar surface area (TPSA) is 46.5 Å². The summed E-state index contributed by atoms with van der Waals surface area (Å²) in [5.41, 5.74) is -0.0846. The second-order valence-corrected chi connectivity index (χ2v) is 3.96. The molecule has 6 heteroatoms. The van der Waals surface area contributed by atoms with Gasteiger partial charge < -0.3 is 9.84 Å². The first-order valence-corrected chi connectivity index (χ1v) is 5.14. The molecule has 1 unspecified atom stereocenters. The van der Waals surface area contributed by atoms with Crippen molar-refractivity contribution in [2.75, 3.05) is 7.11 Å². The van der Waals surface area contributed by atoms with Gasteiger partial charge in [0.2, 0.25) is 0 Å². The maximum Gasteiger partial charge on any atom is 0.335 e. The van der Waals surface area contributed by atoms with Crippen LogP contribution in [0.25, 0.3) is 0 Å². The summed E-state index contributed by atoms with van der Waals surface area (Å²) in [7, 11) is 1.10. The third-order valence-corrected chi connectivity index (χ3v) is 2.58. The number of methoxy groups -OCH3 is 1. The number of carbonyl (C=O) groups excluding carboxylic acids is 1. The summed E-state index contributed by atoms with van der Waals surface area (Å²) >= 11 is 2.82. The molecule has 0 fully saturated rings. The number of benzene rings is 1. The Morgan fingerprint density at radius 3 is 2.69 bits per heavy atom. The summed E-state index contributed by atoms with van der Waals surface area (Å²) in [5, 5.41) is 9.28. The third kappa shape index (κ3) is 2.99. The smallest absolute Gasteiger partial charge is 0.335 e. The highest BCUT2D eigenvalue weighted by Gasteiger charge is 2.19. The van der Waals surface area contributed by atoms with E-state index < -0.39 is 23.7 Å². The Balaban J connectivity index is 2.89. The van der Waals surface area contributed by atoms with Crippen molar-refractivity contribution in [3.63, 3.8) is 0 Å². The summed E-state index contributed by atoms with van der Waals surface area (Å²) in [5.74, 6) is -2.24. The van der Waals surface area contributed by atoms with Crippen LogP contribution in [0, 0.1) is 11.6 Å². The van der Waals surface area contributed by atoms with E-state index >= 15 is 0 Å². The fraction of sp³-hybridized carbons (Fsp3) is 0.300. The zero-order chi connectivity index (χ0) is 12.3. The maximum atomic E-state index is 13.3. The molecular weight excluding hydrogens is 286 g/mol. The van der Waals surface area contributed by atoms with E-state index in [-0.39, 0.29) is 16.5 Å². The van der Waals surface area contributed by atoms with Gasteiger partial charge in [-0.15, -0.1) is 0 Å². The van der Waals surface area contributed by atoms with Gasteiger partial charge in [-0.3, -0.25) is 0 Å². The molecule has 1 aromatic carbocycles. The van der Waals surface area contributed by atoms with Crippen LogP contribution in [0.2, 0.25) is 0 Å². The van der Waals surface area contributed by atoms with Crippen molar-refractivity contribution in [2.24, 2.45) is 0 Å². The van der Waals surface area contributed by atoms with Crippen molar-refractivity contribution in [3.05, 3.63) is 33.8 Å². The molecule has 1 atom stereocenters. The Morgan fingerprint density at radius 1 is 1.50 bits per heavy atom. The van der Waals surface area contributed by atoms with Gasteiger partial charge >= 0.3 is 5.97 Å². The van der Waals surface area contributed by atoms with Crippen molar-refractivity contribution in [1.82, 2.24) is 0 Å². The lowest BCUT2D eigenvalue weighted by Crippen LogP contribution is -2.24. The molecule has 0 spiro atoms. The summed E-state index contributed by atoms with van der Waals surface area (Å²) < 4.78 is 30.6. The lowest BCUT2D eigenvalue weighted by molar-refractivity contribution is -0.150. The van der Waals surface area contributed by atoms with Crippen molar-refractivity contribution < 1.29 is 23.4 Å². The van der Waals surface area contributed by atoms with E-state index in [0.717, 1.165) is 19.2 Å². The van der Waals surface area contributed by atoms with Crippen LogP contribution < -0.4 is 0 Å². The molecule has 1 rings (SSSR count). The molecule has 0 radical (unpaired) electrons. The highest BCUT2D eigenvalue weighted by Crippen LogP contribution is 2.21. The Labute approximate surface area is 99.2 Å². The number of aliphatic hydroxyl groups excluding tert-OH is 1. The minimum Gasteiger partial charge on any atom is -0.467 e. The first-order valence-electron chi connectivity index (χ1n) is 4.35. The van der Waals surface area contributed by atoms with Gasteiger partial charge in [-0.25, -0.2) is 13.6 Å². The van der Waals surface area contributed by atoms with Gasteiger partial charge in [0.15, 0.2) is 6.10 Å². The standard InChI is InChI=1S/C10H9BrF2O3/c1-16-10(15)9(14)3-5-2-8(13)6(11)4-7(5)12/h2,4,9,14H,3H2,1H3. The van der Waals surface area contributed by atoms with Crippen molar-refractivity contribution in [1.29, 1.82) is 0 Å². The summed E-state index contributed by atoms with van der Waals surface area (Å²) in [4.78, 5) is 10.9. The molecule has 0 bridgehead atoms. The van der Waals surface area contributed by atoms with Gasteiger partial charge in [-0.05, 0) is 33.6 Å². The largest absolute Gasteiger partial charge is 0.467 e. The predicted molar refractivity (Wildman–Crippen MR) is 55.8 cm³/mol. The van der Waals surface area contributed by atoms with Crippen LogP contribution in [0.15, 0.2) is 16.6 Å². The van der Waals surface area contributed by atoms with E-state index in [2.05, 4.69) is 20.7 Å². The normalized spacial score (nSPS) is 12.3. The second-order valence-electron chi connectivity index (χ2n) is 3.10. The number of halogens is 3. The van der Waals surface area contributed by atoms with Crippen molar-refractivity contribution in [3.8, 4) is 0 Å². The highest BCUT2D eigenvalue weighted by atomic mass is 79.9. The Kier molecular flexibility index (Phi) is 4.37. The Hall–Kier alpha value is -1.01. The molecule has 3 nitrogen and oxygen atoms in total. The van der Waals surface area contributed by atoms with Gasteiger partial charge in [0.25, 0.3) is 0 Å². The predicted octanol–water partition coefficient (Wildman–Crippen LogP) is 1.80. The molecule has 16 heavy (non-hydrogen) atoms. The van der Waals surface area contributed by atoms with E-state index in [1.807, 2.05) is 0 Å². The summed E-state index contributed by atoms with van der Waals surface area (Å²) in [6.45, 7) is 0. The fourth-order valence-corrected chi connectivity index (χ4v) is 1.46. The second kappa shape index (κ2) is 5.36. The van der Waals surface area contributed by atoms with Crippen LogP contribution in [0.4, 0.5) is 8.78 Å². The van der Waals surface area contributed by atoms with E-state index in [1.165, 1.54) is 0 Å². The van der Waals surface area contributed by atoms with Gasteiger partial charge in [-0.2, -0.15) is 0 Å². The van der Waals surface area contributed by atoms with Gasteiger partial charge in [0, 0.05) is 6.42 Å². The van der Waals surface area contributed by atoms with Crippen LogP contribution in [0.1, 0.15) is 5.56 Å². The lowest BCUT2D eigenvalue weighted by atomic mass is 10.1. The minimum atomic E-state index is -1.50. The zero-order valence-electron chi connectivity index (χ0n) is 8.34. The number of carbonyl (C=O) groups is 1. The molecule has 0 aromatic heterocycles. The number of esters is 1. The molecule has 0 aliphatic heterocycles. The lowest BCUT2D eigenvalue weighted by Gasteiger charge is -2.09. The average molecular weight is 295 g/mol. The summed E-state index contributed by atoms with van der Waals surface area (Å²) in [6.07, 6.45) is -1.83. The monoisotopic (exact) mass is 294 g/mol.